The molecule has 2 aliphatic rings. The van der Waals surface area contributed by atoms with Gasteiger partial charge in [0, 0.05) is 0 Å². The fourth-order valence-corrected chi connectivity index (χ4v) is 38.5. The summed E-state index contributed by atoms with van der Waals surface area (Å²) in [6, 6.07) is 4.59. The number of hydrogen-bond donors (Lipinski definition) is 5. The molecule has 3 rings (SSSR count). The van der Waals surface area contributed by atoms with Gasteiger partial charge in [0.15, 0.2) is 0 Å². The summed E-state index contributed by atoms with van der Waals surface area (Å²) in [4.78, 5) is 54.8. The molecule has 0 unspecified atom stereocenters. The van der Waals surface area contributed by atoms with E-state index in [0.29, 0.717) is 11.3 Å². The van der Waals surface area contributed by atoms with Crippen molar-refractivity contribution >= 4 is 68.5 Å². The van der Waals surface area contributed by atoms with E-state index in [-0.39, 0.29) is 17.7 Å². The number of aromatic hydroxyl groups is 1. The van der Waals surface area contributed by atoms with Gasteiger partial charge in [0.25, 0.3) is 0 Å². The molecule has 11 nitrogen and oxygen atoms in total. The van der Waals surface area contributed by atoms with Gasteiger partial charge in [-0.3, -0.25) is 0 Å². The molecule has 6 N–H and O–H groups in total. The number of fused-ring (bicyclic) bond motifs is 1. The number of phenolic OH excluding ortho intramolecular Hbond substituents is 1. The molecule has 1 amide bonds. The Labute approximate surface area is 239 Å². The molecule has 0 bridgehead atoms. The van der Waals surface area contributed by atoms with E-state index >= 15 is 0 Å². The van der Waals surface area contributed by atoms with Crippen molar-refractivity contribution in [2.24, 2.45) is 5.73 Å². The second-order valence-electron chi connectivity index (χ2n) is 9.10. The van der Waals surface area contributed by atoms with E-state index in [1.807, 2.05) is 6.92 Å². The van der Waals surface area contributed by atoms with Crippen LogP contribution in [0.25, 0.3) is 0 Å². The van der Waals surface area contributed by atoms with Crippen LogP contribution in [0, 0.1) is 0 Å². The number of esters is 1. The van der Waals surface area contributed by atoms with Crippen molar-refractivity contribution in [1.29, 1.82) is 0 Å². The third-order valence-electron chi connectivity index (χ3n) is 6.36. The van der Waals surface area contributed by atoms with E-state index in [0.717, 1.165) is 12.2 Å². The van der Waals surface area contributed by atoms with Gasteiger partial charge in [0.05, 0.1) is 0 Å². The van der Waals surface area contributed by atoms with Gasteiger partial charge < -0.3 is 0 Å². The van der Waals surface area contributed by atoms with Crippen LogP contribution in [-0.2, 0) is 19.1 Å². The topological polar surface area (TPSA) is 188 Å². The number of alkyl halides is 4. The minimum absolute atomic E-state index is 0.0193. The normalized spacial score (nSPS) is 24.3. The monoisotopic (exact) mass is 792 g/mol. The Morgan fingerprint density at radius 3 is 2.41 bits per heavy atom. The van der Waals surface area contributed by atoms with E-state index in [1.54, 1.807) is 12.1 Å². The van der Waals surface area contributed by atoms with Crippen LogP contribution in [0.2, 0.25) is 0 Å². The van der Waals surface area contributed by atoms with Gasteiger partial charge in [0.2, 0.25) is 0 Å². The van der Waals surface area contributed by atoms with Crippen LogP contribution in [0.4, 0.5) is 0 Å². The number of aliphatic hydroxyl groups is 2. The zero-order chi connectivity index (χ0) is 29.5. The molecule has 2 aliphatic heterocycles. The second kappa shape index (κ2) is 11.5. The van der Waals surface area contributed by atoms with Gasteiger partial charge in [0.1, 0.15) is 0 Å². The van der Waals surface area contributed by atoms with Gasteiger partial charge in [-0.05, 0) is 0 Å². The summed E-state index contributed by atoms with van der Waals surface area (Å²) >= 11 is -9.06. The van der Waals surface area contributed by atoms with Crippen LogP contribution in [0.15, 0.2) is 39.9 Å². The molecule has 0 spiro atoms. The number of carbonyl (C=O) groups excluding carboxylic acids is 4. The number of amides is 1. The van der Waals surface area contributed by atoms with E-state index in [9.17, 15) is 37.9 Å². The van der Waals surface area contributed by atoms with Crippen molar-refractivity contribution in [3.8, 4) is 5.75 Å². The molecule has 0 saturated carbocycles. The van der Waals surface area contributed by atoms with E-state index in [1.165, 1.54) is 43.7 Å². The van der Waals surface area contributed by atoms with Gasteiger partial charge in [-0.15, -0.1) is 0 Å². The maximum absolute atomic E-state index is 14.2. The summed E-state index contributed by atoms with van der Waals surface area (Å²) in [5, 5.41) is 33.0. The SMILES string of the molecule is C=C(O)I1(O)([C@@H](OC(=O)CC)I2C(=O)c3c(O)cccc3[C@@H]2CSCCC)C(=O)C(C(N)=O)=C(O)[C@H]1N(C)C. The van der Waals surface area contributed by atoms with E-state index in [4.69, 9.17) is 10.5 Å². The summed E-state index contributed by atoms with van der Waals surface area (Å²) < 4.78 is 11.6. The standard InChI is InChI=1S/C25H34I2N2O9S/c1-6-11-39-12-15-14-9-8-10-16(31)18(14)21(34)26(15)25(38-17(32)7-2)27(37,13(3)30)22(29(4)5)20(33)19(23(27)35)24(28)36/h8-10,15,22,25,30-31,33,37H,3,6-7,11-12H2,1-2,4-5H3,(H2,28,36)/t15-,22+,25-/m0/s1. The molecule has 1 aromatic carbocycles. The quantitative estimate of drug-likeness (QED) is 0.0322. The number of halogens is 2. The average Bonchev–Trinajstić information content (AvgIpc) is 3.24. The van der Waals surface area contributed by atoms with Gasteiger partial charge in [-0.2, -0.15) is 0 Å². The maximum atomic E-state index is 14.2. The molecule has 3 atom stereocenters. The number of nitrogens with two attached hydrogens (primary N) is 1. The fourth-order valence-electron chi connectivity index (χ4n) is 4.65. The minimum atomic E-state index is -6.86. The Kier molecular flexibility index (Phi) is 9.36. The Hall–Kier alpha value is -1.89. The molecule has 0 aromatic heterocycles. The molecule has 0 saturated heterocycles. The third-order valence-corrected chi connectivity index (χ3v) is 35.3. The van der Waals surface area contributed by atoms with Crippen LogP contribution in [0.1, 0.15) is 46.5 Å². The number of phenols is 1. The number of hydrogen-bond acceptors (Lipinski definition) is 11. The molecule has 2 heterocycles. The molecule has 39 heavy (non-hydrogen) atoms. The summed E-state index contributed by atoms with van der Waals surface area (Å²) in [5.74, 6) is -2.29. The second-order valence-corrected chi connectivity index (χ2v) is 28.6. The Balaban J connectivity index is 2.42. The molecule has 0 fully saturated rings. The molecular weight excluding hydrogens is 758 g/mol. The number of rotatable bonds is 11. The van der Waals surface area contributed by atoms with Gasteiger partial charge in [-0.1, -0.05) is 0 Å². The first-order valence-electron chi connectivity index (χ1n) is 11.9. The zero-order valence-electron chi connectivity index (χ0n) is 22.0. The molecular formula is C25H34I2N2O9S. The van der Waals surface area contributed by atoms with Crippen molar-refractivity contribution < 1.29 is 42.7 Å². The van der Waals surface area contributed by atoms with E-state index in [2.05, 4.69) is 6.58 Å². The van der Waals surface area contributed by atoms with Crippen molar-refractivity contribution in [3.63, 3.8) is 0 Å². The third kappa shape index (κ3) is 4.64. The van der Waals surface area contributed by atoms with Crippen LogP contribution in [0.3, 0.4) is 0 Å². The molecule has 0 aliphatic carbocycles. The average molecular weight is 792 g/mol. The Morgan fingerprint density at radius 2 is 1.90 bits per heavy atom. The predicted molar refractivity (Wildman–Crippen MR) is 166 cm³/mol. The number of primary amides is 1. The van der Waals surface area contributed by atoms with Crippen molar-refractivity contribution in [2.75, 3.05) is 25.6 Å². The Bertz CT molecular complexity index is 1290. The summed E-state index contributed by atoms with van der Waals surface area (Å²) in [7, 11) is 2.79. The number of aliphatic hydroxyl groups excluding tert-OH is 2. The number of likely N-dealkylation sites (N-methyl/N-ethyl adjacent to an activating group) is 1. The number of ether oxygens (including phenoxy) is 1. The number of carbonyl (C=O) groups is 4. The molecule has 218 valence electrons. The van der Waals surface area contributed by atoms with Crippen LogP contribution in [0.5, 0.6) is 5.75 Å². The van der Waals surface area contributed by atoms with Crippen molar-refractivity contribution in [3.05, 3.63) is 51.0 Å². The zero-order valence-corrected chi connectivity index (χ0v) is 27.1. The molecule has 14 heteroatoms. The molecule has 0 radical (unpaired) electrons. The number of benzene rings is 1. The predicted octanol–water partition coefficient (Wildman–Crippen LogP) is 3.71. The fraction of sp³-hybridized carbons (Fsp3) is 0.440. The van der Waals surface area contributed by atoms with Gasteiger partial charge in [-0.25, -0.2) is 0 Å². The van der Waals surface area contributed by atoms with Crippen molar-refractivity contribution in [1.82, 2.24) is 4.90 Å². The molecule has 1 aromatic rings. The van der Waals surface area contributed by atoms with Gasteiger partial charge >= 0.3 is 241 Å². The first kappa shape index (κ1) is 31.6. The van der Waals surface area contributed by atoms with E-state index < -0.39 is 81.9 Å². The van der Waals surface area contributed by atoms with Crippen LogP contribution >= 0.6 is 49.0 Å². The summed E-state index contributed by atoms with van der Waals surface area (Å²) in [6.45, 7) is 6.99. The number of nitrogens with zero attached hydrogens (tertiary/aromatic N) is 1. The first-order valence-corrected chi connectivity index (χ1v) is 22.2. The number of thioether (sulfide) groups is 1. The Morgan fingerprint density at radius 1 is 1.26 bits per heavy atom. The van der Waals surface area contributed by atoms with Crippen molar-refractivity contribution in [2.45, 2.75) is 36.8 Å². The first-order chi connectivity index (χ1) is 18.2. The summed E-state index contributed by atoms with van der Waals surface area (Å²) in [5.41, 5.74) is 5.04. The summed E-state index contributed by atoms with van der Waals surface area (Å²) in [6.07, 6.45) is 0.641. The van der Waals surface area contributed by atoms with Crippen LogP contribution in [-0.4, -0.2) is 74.9 Å². The van der Waals surface area contributed by atoms with Crippen LogP contribution < -0.4 is 5.73 Å².